The molecule has 0 aliphatic heterocycles. The fourth-order valence-corrected chi connectivity index (χ4v) is 4.26. The van der Waals surface area contributed by atoms with Crippen LogP contribution in [0.2, 0.25) is 0 Å². The van der Waals surface area contributed by atoms with Gasteiger partial charge >= 0.3 is 0 Å². The zero-order valence-corrected chi connectivity index (χ0v) is 18.8. The third-order valence-corrected chi connectivity index (χ3v) is 5.91. The molecule has 0 N–H and O–H groups in total. The second-order valence-corrected chi connectivity index (χ2v) is 8.67. The van der Waals surface area contributed by atoms with Gasteiger partial charge in [0.15, 0.2) is 0 Å². The second-order valence-electron chi connectivity index (χ2n) is 7.71. The van der Waals surface area contributed by atoms with Gasteiger partial charge in [-0.1, -0.05) is 56.3 Å². The quantitative estimate of drug-likeness (QED) is 0.360. The van der Waals surface area contributed by atoms with Gasteiger partial charge in [0.05, 0.1) is 25.4 Å². The molecule has 2 aromatic heterocycles. The Labute approximate surface area is 186 Å². The van der Waals surface area contributed by atoms with Crippen molar-refractivity contribution in [3.05, 3.63) is 71.9 Å². The van der Waals surface area contributed by atoms with Crippen LogP contribution >= 0.6 is 11.8 Å². The number of hydrogen-bond donors (Lipinski definition) is 0. The van der Waals surface area contributed by atoms with Crippen LogP contribution in [-0.4, -0.2) is 37.1 Å². The summed E-state index contributed by atoms with van der Waals surface area (Å²) >= 11 is 1.76. The lowest BCUT2D eigenvalue weighted by Crippen LogP contribution is -2.07. The maximum absolute atomic E-state index is 5.22. The molecular formula is C23H26N6OS. The summed E-state index contributed by atoms with van der Waals surface area (Å²) in [7, 11) is 1.66. The van der Waals surface area contributed by atoms with E-state index in [0.29, 0.717) is 18.3 Å². The maximum Gasteiger partial charge on any atom is 0.209 e. The molecular weight excluding hydrogens is 408 g/mol. The second kappa shape index (κ2) is 9.78. The minimum absolute atomic E-state index is 0.488. The van der Waals surface area contributed by atoms with Gasteiger partial charge in [-0.05, 0) is 34.4 Å². The van der Waals surface area contributed by atoms with Gasteiger partial charge in [-0.15, -0.1) is 22.0 Å². The van der Waals surface area contributed by atoms with Gasteiger partial charge in [0, 0.05) is 12.3 Å². The molecule has 0 saturated carbocycles. The summed E-state index contributed by atoms with van der Waals surface area (Å²) in [4.78, 5) is 1.61. The minimum atomic E-state index is 0.488. The normalized spacial score (nSPS) is 11.2. The Hall–Kier alpha value is -3.13. The zero-order valence-electron chi connectivity index (χ0n) is 18.0. The Morgan fingerprint density at radius 2 is 1.77 bits per heavy atom. The lowest BCUT2D eigenvalue weighted by atomic mass is 10.2. The number of aromatic nitrogens is 6. The number of rotatable bonds is 9. The van der Waals surface area contributed by atoms with Gasteiger partial charge < -0.3 is 4.74 Å². The summed E-state index contributed by atoms with van der Waals surface area (Å²) in [5.41, 5.74) is 3.27. The maximum atomic E-state index is 5.22. The average Bonchev–Trinajstić information content (AvgIpc) is 3.40. The first-order chi connectivity index (χ1) is 15.1. The number of nitrogens with zero attached hydrogens (tertiary/aromatic N) is 6. The van der Waals surface area contributed by atoms with Crippen molar-refractivity contribution in [2.75, 3.05) is 7.11 Å². The highest BCUT2D eigenvalue weighted by Crippen LogP contribution is 2.32. The van der Waals surface area contributed by atoms with Gasteiger partial charge in [0.1, 0.15) is 10.8 Å². The highest BCUT2D eigenvalue weighted by Gasteiger charge is 2.18. The fourth-order valence-electron chi connectivity index (χ4n) is 3.19. The molecule has 7 nitrogen and oxygen atoms in total. The van der Waals surface area contributed by atoms with E-state index in [2.05, 4.69) is 63.3 Å². The molecule has 2 heterocycles. The van der Waals surface area contributed by atoms with Crippen LogP contribution in [0.15, 0.2) is 65.8 Å². The van der Waals surface area contributed by atoms with Crippen molar-refractivity contribution in [1.29, 1.82) is 0 Å². The Balaban J connectivity index is 1.55. The Bertz CT molecular complexity index is 1100. The average molecular weight is 435 g/mol. The molecule has 0 aliphatic carbocycles. The third-order valence-electron chi connectivity index (χ3n) is 4.72. The first-order valence-corrected chi connectivity index (χ1v) is 11.2. The highest BCUT2D eigenvalue weighted by atomic mass is 32.2. The minimum Gasteiger partial charge on any atom is -0.497 e. The first-order valence-electron chi connectivity index (χ1n) is 10.3. The van der Waals surface area contributed by atoms with Crippen molar-refractivity contribution in [3.63, 3.8) is 0 Å². The van der Waals surface area contributed by atoms with E-state index in [0.717, 1.165) is 34.2 Å². The lowest BCUT2D eigenvalue weighted by molar-refractivity contribution is 0.414. The summed E-state index contributed by atoms with van der Waals surface area (Å²) in [6.07, 6.45) is 1.85. The largest absolute Gasteiger partial charge is 0.497 e. The van der Waals surface area contributed by atoms with Gasteiger partial charge in [0.25, 0.3) is 0 Å². The van der Waals surface area contributed by atoms with Crippen molar-refractivity contribution in [2.24, 2.45) is 5.92 Å². The van der Waals surface area contributed by atoms with Crippen molar-refractivity contribution in [2.45, 2.75) is 37.7 Å². The summed E-state index contributed by atoms with van der Waals surface area (Å²) < 4.78 is 7.27. The van der Waals surface area contributed by atoms with E-state index in [9.17, 15) is 0 Å². The topological polar surface area (TPSA) is 70.7 Å². The predicted molar refractivity (Wildman–Crippen MR) is 122 cm³/mol. The fraction of sp³-hybridized carbons (Fsp3) is 0.304. The molecule has 31 heavy (non-hydrogen) atoms. The number of hydrogen-bond acceptors (Lipinski definition) is 6. The zero-order chi connectivity index (χ0) is 21.6. The molecule has 0 atom stereocenters. The van der Waals surface area contributed by atoms with E-state index in [-0.39, 0.29) is 0 Å². The number of thioether (sulfide) groups is 1. The van der Waals surface area contributed by atoms with E-state index in [1.807, 2.05) is 36.5 Å². The van der Waals surface area contributed by atoms with E-state index in [1.165, 1.54) is 5.56 Å². The monoisotopic (exact) mass is 434 g/mol. The summed E-state index contributed by atoms with van der Waals surface area (Å²) in [6, 6.07) is 18.3. The van der Waals surface area contributed by atoms with Gasteiger partial charge in [-0.3, -0.25) is 4.68 Å². The Kier molecular flexibility index (Phi) is 6.66. The molecule has 2 aromatic carbocycles. The van der Waals surface area contributed by atoms with Crippen LogP contribution < -0.4 is 4.74 Å². The molecule has 0 saturated heterocycles. The van der Waals surface area contributed by atoms with Crippen LogP contribution in [0, 0.1) is 5.92 Å². The Morgan fingerprint density at radius 1 is 1.00 bits per heavy atom. The number of ether oxygens (including phenoxy) is 1. The lowest BCUT2D eigenvalue weighted by Gasteiger charge is -2.10. The summed E-state index contributed by atoms with van der Waals surface area (Å²) in [6.45, 7) is 5.77. The molecule has 0 radical (unpaired) electrons. The van der Waals surface area contributed by atoms with Crippen LogP contribution in [-0.2, 0) is 18.8 Å². The van der Waals surface area contributed by atoms with Crippen LogP contribution in [0.1, 0.15) is 25.0 Å². The van der Waals surface area contributed by atoms with E-state index < -0.39 is 0 Å². The number of methoxy groups -OCH3 is 1. The van der Waals surface area contributed by atoms with Crippen molar-refractivity contribution < 1.29 is 4.74 Å². The predicted octanol–water partition coefficient (Wildman–Crippen LogP) is 4.54. The number of tetrazole rings is 1. The third kappa shape index (κ3) is 5.32. The van der Waals surface area contributed by atoms with Gasteiger partial charge in [0.2, 0.25) is 5.82 Å². The first kappa shape index (κ1) is 21.1. The number of benzene rings is 2. The molecule has 0 bridgehead atoms. The molecule has 0 fully saturated rings. The van der Waals surface area contributed by atoms with Crippen LogP contribution in [0.4, 0.5) is 0 Å². The molecule has 4 rings (SSSR count). The van der Waals surface area contributed by atoms with Crippen molar-refractivity contribution in [1.82, 2.24) is 30.0 Å². The molecule has 0 aliphatic rings. The van der Waals surface area contributed by atoms with Crippen LogP contribution in [0.5, 0.6) is 5.75 Å². The highest BCUT2D eigenvalue weighted by molar-refractivity contribution is 7.98. The van der Waals surface area contributed by atoms with Crippen LogP contribution in [0.3, 0.4) is 0 Å². The van der Waals surface area contributed by atoms with E-state index >= 15 is 0 Å². The standard InChI is InChI=1S/C23H26N6OS/c1-17(2)14-28-23(31-16-19-7-5-4-6-8-19)21(13-24-28)22-25-27-29(26-22)15-18-9-11-20(30-3)12-10-18/h4-13,17H,14-16H2,1-3H3. The van der Waals surface area contributed by atoms with E-state index in [4.69, 9.17) is 4.74 Å². The Morgan fingerprint density at radius 3 is 2.48 bits per heavy atom. The molecule has 0 spiro atoms. The summed E-state index contributed by atoms with van der Waals surface area (Å²) in [5, 5.41) is 18.9. The molecule has 4 aromatic rings. The van der Waals surface area contributed by atoms with Gasteiger partial charge in [-0.25, -0.2) is 0 Å². The molecule has 160 valence electrons. The molecule has 0 unspecified atom stereocenters. The SMILES string of the molecule is COc1ccc(Cn2nnc(-c3cnn(CC(C)C)c3SCc3ccccc3)n2)cc1. The van der Waals surface area contributed by atoms with Crippen LogP contribution in [0.25, 0.3) is 11.4 Å². The van der Waals surface area contributed by atoms with E-state index in [1.54, 1.807) is 23.7 Å². The van der Waals surface area contributed by atoms with Crippen molar-refractivity contribution >= 4 is 11.8 Å². The van der Waals surface area contributed by atoms with Crippen molar-refractivity contribution in [3.8, 4) is 17.1 Å². The summed E-state index contributed by atoms with van der Waals surface area (Å²) in [5.74, 6) is 2.77. The molecule has 8 heteroatoms. The van der Waals surface area contributed by atoms with Gasteiger partial charge in [-0.2, -0.15) is 9.90 Å². The molecule has 0 amide bonds. The smallest absolute Gasteiger partial charge is 0.209 e.